The highest BCUT2D eigenvalue weighted by molar-refractivity contribution is 6.11. The van der Waals surface area contributed by atoms with Gasteiger partial charge in [-0.3, -0.25) is 0 Å². The lowest BCUT2D eigenvalue weighted by molar-refractivity contribution is 0.744. The Balaban J connectivity index is 0.920. The number of hydrogen-bond donors (Lipinski definition) is 0. The summed E-state index contributed by atoms with van der Waals surface area (Å²) < 4.78 is 7.08. The number of nitrogens with zero attached hydrogens (tertiary/aromatic N) is 7. The van der Waals surface area contributed by atoms with Crippen LogP contribution in [-0.4, -0.2) is 34.7 Å². The number of benzene rings is 10. The number of aromatic nitrogens is 6. The smallest absolute Gasteiger partial charge is 0.166 e. The summed E-state index contributed by atoms with van der Waals surface area (Å²) in [4.78, 5) is 19.0. The van der Waals surface area contributed by atoms with Crippen LogP contribution in [0.3, 0.4) is 0 Å². The zero-order valence-corrected chi connectivity index (χ0v) is 41.1. The van der Waals surface area contributed by atoms with E-state index < -0.39 is 0 Å². The zero-order valence-electron chi connectivity index (χ0n) is 41.1. The van der Waals surface area contributed by atoms with Gasteiger partial charge in [0.1, 0.15) is 0 Å². The molecule has 356 valence electrons. The Labute approximate surface area is 437 Å². The van der Waals surface area contributed by atoms with Gasteiger partial charge < -0.3 is 18.6 Å². The molecule has 7 heteroatoms. The van der Waals surface area contributed by atoms with E-state index in [4.69, 9.17) is 15.0 Å². The van der Waals surface area contributed by atoms with Crippen molar-refractivity contribution in [1.82, 2.24) is 28.7 Å². The van der Waals surface area contributed by atoms with Gasteiger partial charge in [-0.1, -0.05) is 152 Å². The quantitative estimate of drug-likeness (QED) is 0.160. The van der Waals surface area contributed by atoms with Gasteiger partial charge in [-0.2, -0.15) is 0 Å². The monoisotopic (exact) mass is 971 g/mol. The van der Waals surface area contributed by atoms with Gasteiger partial charge in [0, 0.05) is 77.7 Å². The van der Waals surface area contributed by atoms with E-state index in [1.54, 1.807) is 0 Å². The number of rotatable bonds is 7. The van der Waals surface area contributed by atoms with E-state index in [-0.39, 0.29) is 12.0 Å². The molecule has 0 saturated carbocycles. The molecule has 0 fully saturated rings. The van der Waals surface area contributed by atoms with Crippen LogP contribution in [0.5, 0.6) is 0 Å². The molecule has 2 unspecified atom stereocenters. The molecular weight excluding hydrogens is 927 g/mol. The zero-order chi connectivity index (χ0) is 49.8. The first-order valence-corrected chi connectivity index (χ1v) is 26.0. The van der Waals surface area contributed by atoms with E-state index in [2.05, 4.69) is 279 Å². The summed E-state index contributed by atoms with van der Waals surface area (Å²) in [5, 5.41) is 7.28. The van der Waals surface area contributed by atoms with Gasteiger partial charge in [-0.05, 0) is 115 Å². The molecule has 14 aromatic rings. The number of anilines is 2. The lowest BCUT2D eigenvalue weighted by Gasteiger charge is -2.29. The second-order valence-electron chi connectivity index (χ2n) is 19.9. The fourth-order valence-corrected chi connectivity index (χ4v) is 12.5. The SMILES string of the molecule is C1=CC2c3ccccc3N(c3ccc(-n4c5ccccc5c5ccccc54)c(-c4nc(-c5ccc(-n6c7ccccc7c7ccccc76)cc5)nc(-c5ccc(-n6c7ccccc7c7ccccc76)cc5)n4)c3)C2C=C1. The van der Waals surface area contributed by atoms with E-state index >= 15 is 0 Å². The summed E-state index contributed by atoms with van der Waals surface area (Å²) in [7, 11) is 0. The Morgan fingerprint density at radius 2 is 0.684 bits per heavy atom. The Morgan fingerprint density at radius 3 is 1.16 bits per heavy atom. The van der Waals surface area contributed by atoms with Gasteiger partial charge in [0.2, 0.25) is 0 Å². The first-order chi connectivity index (χ1) is 37.7. The highest BCUT2D eigenvalue weighted by Crippen LogP contribution is 2.49. The van der Waals surface area contributed by atoms with E-state index in [1.807, 2.05) is 0 Å². The Hall–Kier alpha value is -10.1. The Bertz CT molecular complexity index is 4390. The van der Waals surface area contributed by atoms with Crippen LogP contribution in [0.25, 0.3) is 117 Å². The Morgan fingerprint density at radius 1 is 0.303 bits per heavy atom. The standard InChI is InChI=1S/C69H45N7/c1-9-25-58-49(17-1)50-18-2-10-26-59(50)73(58)46-37-33-44(34-38-46)67-70-68(45-35-39-47(40-36-45)74-60-27-11-3-19-51(60)52-20-4-12-28-61(52)74)72-69(71-67)57-43-48(75-62-29-13-5-21-53(62)54-22-6-14-30-63(54)75)41-42-66(57)76-64-31-15-7-23-55(64)56-24-8-16-32-65(56)76/h1-43,53,62H. The topological polar surface area (TPSA) is 56.7 Å². The van der Waals surface area contributed by atoms with Gasteiger partial charge >= 0.3 is 0 Å². The van der Waals surface area contributed by atoms with Crippen molar-refractivity contribution in [3.8, 4) is 51.2 Å². The summed E-state index contributed by atoms with van der Waals surface area (Å²) in [6.45, 7) is 0. The van der Waals surface area contributed by atoms with Crippen LogP contribution in [0.2, 0.25) is 0 Å². The molecule has 4 aromatic heterocycles. The van der Waals surface area contributed by atoms with Crippen LogP contribution in [0.4, 0.5) is 11.4 Å². The molecule has 16 rings (SSSR count). The maximum absolute atomic E-state index is 5.55. The average molecular weight is 972 g/mol. The first-order valence-electron chi connectivity index (χ1n) is 26.0. The molecule has 2 atom stereocenters. The van der Waals surface area contributed by atoms with E-state index in [1.165, 1.54) is 43.6 Å². The van der Waals surface area contributed by atoms with Gasteiger partial charge in [0.15, 0.2) is 17.5 Å². The summed E-state index contributed by atoms with van der Waals surface area (Å²) >= 11 is 0. The molecule has 76 heavy (non-hydrogen) atoms. The first kappa shape index (κ1) is 42.4. The van der Waals surface area contributed by atoms with Crippen molar-refractivity contribution >= 4 is 76.8 Å². The molecule has 1 aliphatic carbocycles. The van der Waals surface area contributed by atoms with Crippen LogP contribution in [0.1, 0.15) is 11.5 Å². The van der Waals surface area contributed by atoms with Gasteiger partial charge in [-0.15, -0.1) is 0 Å². The van der Waals surface area contributed by atoms with Crippen molar-refractivity contribution < 1.29 is 0 Å². The van der Waals surface area contributed by atoms with Crippen LogP contribution in [0.15, 0.2) is 261 Å². The van der Waals surface area contributed by atoms with E-state index in [0.717, 1.165) is 72.5 Å². The number of hydrogen-bond acceptors (Lipinski definition) is 4. The highest BCUT2D eigenvalue weighted by Gasteiger charge is 2.37. The highest BCUT2D eigenvalue weighted by atomic mass is 15.2. The summed E-state index contributed by atoms with van der Waals surface area (Å²) in [6, 6.07) is 85.1. The van der Waals surface area contributed by atoms with Gasteiger partial charge in [0.05, 0.1) is 44.8 Å². The summed E-state index contributed by atoms with van der Waals surface area (Å²) in [5.41, 5.74) is 16.2. The molecule has 0 amide bonds. The minimum atomic E-state index is 0.111. The van der Waals surface area contributed by atoms with Crippen LogP contribution in [0, 0.1) is 0 Å². The molecule has 5 heterocycles. The molecule has 0 saturated heterocycles. The Kier molecular flexibility index (Phi) is 9.32. The van der Waals surface area contributed by atoms with Crippen molar-refractivity contribution in [3.63, 3.8) is 0 Å². The van der Waals surface area contributed by atoms with E-state index in [0.29, 0.717) is 17.5 Å². The van der Waals surface area contributed by atoms with Crippen LogP contribution < -0.4 is 4.90 Å². The van der Waals surface area contributed by atoms with Gasteiger partial charge in [0.25, 0.3) is 0 Å². The van der Waals surface area contributed by atoms with Crippen molar-refractivity contribution in [3.05, 3.63) is 266 Å². The minimum Gasteiger partial charge on any atom is -0.333 e. The molecule has 10 aromatic carbocycles. The van der Waals surface area contributed by atoms with Crippen LogP contribution >= 0.6 is 0 Å². The average Bonchev–Trinajstić information content (AvgIpc) is 4.25. The number of para-hydroxylation sites is 7. The molecule has 7 nitrogen and oxygen atoms in total. The maximum atomic E-state index is 5.55. The second-order valence-corrected chi connectivity index (χ2v) is 19.9. The second kappa shape index (κ2) is 16.7. The van der Waals surface area contributed by atoms with Crippen molar-refractivity contribution in [2.75, 3.05) is 4.90 Å². The van der Waals surface area contributed by atoms with Crippen molar-refractivity contribution in [2.45, 2.75) is 12.0 Å². The third-order valence-corrected chi connectivity index (χ3v) is 15.8. The fourth-order valence-electron chi connectivity index (χ4n) is 12.5. The molecule has 1 aliphatic heterocycles. The normalized spacial score (nSPS) is 15.0. The van der Waals surface area contributed by atoms with Crippen LogP contribution in [-0.2, 0) is 0 Å². The predicted octanol–water partition coefficient (Wildman–Crippen LogP) is 16.9. The fraction of sp³-hybridized carbons (Fsp3) is 0.0290. The molecule has 0 bridgehead atoms. The molecule has 0 N–H and O–H groups in total. The molecule has 0 spiro atoms. The lowest BCUT2D eigenvalue weighted by Crippen LogP contribution is -2.28. The largest absolute Gasteiger partial charge is 0.333 e. The third kappa shape index (κ3) is 6.39. The molecule has 0 radical (unpaired) electrons. The molecular formula is C69H45N7. The maximum Gasteiger partial charge on any atom is 0.166 e. The number of fused-ring (bicyclic) bond motifs is 12. The van der Waals surface area contributed by atoms with Crippen molar-refractivity contribution in [1.29, 1.82) is 0 Å². The number of allylic oxidation sites excluding steroid dienone is 2. The summed E-state index contributed by atoms with van der Waals surface area (Å²) in [6.07, 6.45) is 9.02. The van der Waals surface area contributed by atoms with Crippen molar-refractivity contribution in [2.24, 2.45) is 0 Å². The predicted molar refractivity (Wildman–Crippen MR) is 313 cm³/mol. The minimum absolute atomic E-state index is 0.111. The summed E-state index contributed by atoms with van der Waals surface area (Å²) in [5.74, 6) is 1.99. The third-order valence-electron chi connectivity index (χ3n) is 15.8. The van der Waals surface area contributed by atoms with Gasteiger partial charge in [-0.25, -0.2) is 15.0 Å². The molecule has 2 aliphatic rings. The van der Waals surface area contributed by atoms with E-state index in [9.17, 15) is 0 Å². The lowest BCUT2D eigenvalue weighted by atomic mass is 9.91.